The van der Waals surface area contributed by atoms with Crippen LogP contribution in [-0.2, 0) is 13.5 Å². The van der Waals surface area contributed by atoms with Crippen molar-refractivity contribution in [2.75, 3.05) is 0 Å². The van der Waals surface area contributed by atoms with Gasteiger partial charge in [0.1, 0.15) is 17.1 Å². The lowest BCUT2D eigenvalue weighted by Crippen LogP contribution is -2.03. The Balaban J connectivity index is 1.84. The normalized spacial score (nSPS) is 11.1. The number of rotatable bonds is 4. The van der Waals surface area contributed by atoms with Gasteiger partial charge in [-0.05, 0) is 37.5 Å². The molecule has 3 rings (SSSR count). The molecule has 4 heteroatoms. The molecule has 2 aromatic carbocycles. The molecule has 0 atom stereocenters. The van der Waals surface area contributed by atoms with Crippen LogP contribution in [0.2, 0.25) is 0 Å². The Kier molecular flexibility index (Phi) is 3.90. The number of Topliss-reactive ketones (excluding diaryl/α,β-unsaturated/α-hetero) is 1. The van der Waals surface area contributed by atoms with Gasteiger partial charge in [0, 0.05) is 19.0 Å². The number of fused-ring (bicyclic) bond motifs is 1. The third kappa shape index (κ3) is 2.72. The molecule has 0 amide bonds. The van der Waals surface area contributed by atoms with Gasteiger partial charge in [0.15, 0.2) is 5.78 Å². The van der Waals surface area contributed by atoms with Crippen LogP contribution >= 0.6 is 0 Å². The first-order chi connectivity index (χ1) is 11.0. The highest BCUT2D eigenvalue weighted by Crippen LogP contribution is 2.29. The molecule has 23 heavy (non-hydrogen) atoms. The molecular weight excluding hydrogens is 288 g/mol. The molecule has 0 aliphatic heterocycles. The summed E-state index contributed by atoms with van der Waals surface area (Å²) >= 11 is 0. The second kappa shape index (κ2) is 5.88. The van der Waals surface area contributed by atoms with Crippen LogP contribution in [0.4, 0.5) is 0 Å². The number of hydrogen-bond acceptors (Lipinski definition) is 3. The lowest BCUT2D eigenvalue weighted by molar-refractivity contribution is 0.0982. The summed E-state index contributed by atoms with van der Waals surface area (Å²) in [5, 5.41) is 10.4. The summed E-state index contributed by atoms with van der Waals surface area (Å²) in [5.74, 6) is 1.13. The number of aromatic nitrogens is 2. The largest absolute Gasteiger partial charge is 0.505 e. The quantitative estimate of drug-likeness (QED) is 0.748. The fourth-order valence-corrected chi connectivity index (χ4v) is 2.87. The van der Waals surface area contributed by atoms with Crippen LogP contribution in [0.1, 0.15) is 33.7 Å². The second-order valence-corrected chi connectivity index (χ2v) is 5.90. The van der Waals surface area contributed by atoms with Gasteiger partial charge in [0.05, 0.1) is 5.52 Å². The van der Waals surface area contributed by atoms with Crippen LogP contribution < -0.4 is 0 Å². The topological polar surface area (TPSA) is 55.1 Å². The van der Waals surface area contributed by atoms with Gasteiger partial charge in [-0.25, -0.2) is 4.98 Å². The zero-order chi connectivity index (χ0) is 16.6. The molecule has 0 unspecified atom stereocenters. The zero-order valence-electron chi connectivity index (χ0n) is 13.6. The number of hydrogen-bond donors (Lipinski definition) is 1. The van der Waals surface area contributed by atoms with E-state index in [1.54, 1.807) is 0 Å². The molecule has 4 nitrogen and oxygen atoms in total. The summed E-state index contributed by atoms with van der Waals surface area (Å²) in [6, 6.07) is 11.4. The number of phenols is 1. The Morgan fingerprint density at radius 1 is 1.17 bits per heavy atom. The minimum Gasteiger partial charge on any atom is -0.505 e. The van der Waals surface area contributed by atoms with E-state index in [0.29, 0.717) is 18.4 Å². The Labute approximate surface area is 135 Å². The molecule has 1 aromatic heterocycles. The molecule has 1 heterocycles. The minimum absolute atomic E-state index is 0.0970. The van der Waals surface area contributed by atoms with Crippen molar-refractivity contribution in [2.45, 2.75) is 26.7 Å². The van der Waals surface area contributed by atoms with Crippen molar-refractivity contribution in [3.8, 4) is 5.75 Å². The monoisotopic (exact) mass is 308 g/mol. The highest BCUT2D eigenvalue weighted by molar-refractivity contribution is 5.97. The number of carbonyl (C=O) groups is 1. The fraction of sp³-hybridized carbons (Fsp3) is 0.263. The lowest BCUT2D eigenvalue weighted by Gasteiger charge is -2.07. The zero-order valence-corrected chi connectivity index (χ0v) is 13.6. The molecule has 118 valence electrons. The molecule has 0 fully saturated rings. The minimum atomic E-state index is 0.0970. The van der Waals surface area contributed by atoms with E-state index < -0.39 is 0 Å². The van der Waals surface area contributed by atoms with Gasteiger partial charge in [-0.1, -0.05) is 30.3 Å². The molecule has 3 aromatic rings. The predicted octanol–water partition coefficient (Wildman–Crippen LogP) is 3.71. The van der Waals surface area contributed by atoms with Crippen molar-refractivity contribution < 1.29 is 9.90 Å². The fourth-order valence-electron chi connectivity index (χ4n) is 2.87. The maximum absolute atomic E-state index is 12.4. The van der Waals surface area contributed by atoms with E-state index >= 15 is 0 Å². The number of phenolic OH excluding ortho intramolecular Hbond substituents is 1. The van der Waals surface area contributed by atoms with E-state index in [1.165, 1.54) is 0 Å². The van der Waals surface area contributed by atoms with Gasteiger partial charge in [-0.2, -0.15) is 0 Å². The maximum Gasteiger partial charge on any atom is 0.163 e. The van der Waals surface area contributed by atoms with Crippen LogP contribution in [0.5, 0.6) is 5.75 Å². The van der Waals surface area contributed by atoms with Crippen molar-refractivity contribution in [1.29, 1.82) is 0 Å². The summed E-state index contributed by atoms with van der Waals surface area (Å²) < 4.78 is 1.94. The van der Waals surface area contributed by atoms with E-state index in [4.69, 9.17) is 0 Å². The molecule has 0 bridgehead atoms. The van der Waals surface area contributed by atoms with Gasteiger partial charge < -0.3 is 9.67 Å². The summed E-state index contributed by atoms with van der Waals surface area (Å²) in [7, 11) is 1.92. The first-order valence-electron chi connectivity index (χ1n) is 7.71. The average Bonchev–Trinajstić information content (AvgIpc) is 2.83. The van der Waals surface area contributed by atoms with Crippen LogP contribution in [-0.4, -0.2) is 20.4 Å². The molecule has 1 N–H and O–H groups in total. The molecule has 0 saturated carbocycles. The van der Waals surface area contributed by atoms with Gasteiger partial charge in [-0.15, -0.1) is 0 Å². The first-order valence-corrected chi connectivity index (χ1v) is 7.71. The van der Waals surface area contributed by atoms with Crippen molar-refractivity contribution in [3.05, 3.63) is 58.9 Å². The lowest BCUT2D eigenvalue weighted by atomic mass is 9.99. The number of aryl methyl sites for hydroxylation is 4. The van der Waals surface area contributed by atoms with Crippen molar-refractivity contribution >= 4 is 16.8 Å². The number of carbonyl (C=O) groups excluding carboxylic acids is 1. The summed E-state index contributed by atoms with van der Waals surface area (Å²) in [5.41, 5.74) is 4.00. The van der Waals surface area contributed by atoms with Gasteiger partial charge in [0.25, 0.3) is 0 Å². The predicted molar refractivity (Wildman–Crippen MR) is 90.9 cm³/mol. The SMILES string of the molecule is Cc1ccccc1C(=O)CCc1ccc2c(nc(C)n2C)c1O. The van der Waals surface area contributed by atoms with Gasteiger partial charge >= 0.3 is 0 Å². The molecule has 0 saturated heterocycles. The highest BCUT2D eigenvalue weighted by Gasteiger charge is 2.14. The number of imidazole rings is 1. The van der Waals surface area contributed by atoms with Crippen LogP contribution in [0, 0.1) is 13.8 Å². The van der Waals surface area contributed by atoms with E-state index in [2.05, 4.69) is 4.98 Å². The number of aromatic hydroxyl groups is 1. The summed E-state index contributed by atoms with van der Waals surface area (Å²) in [6.07, 6.45) is 0.875. The van der Waals surface area contributed by atoms with Gasteiger partial charge in [-0.3, -0.25) is 4.79 Å². The summed E-state index contributed by atoms with van der Waals surface area (Å²) in [4.78, 5) is 16.8. The summed E-state index contributed by atoms with van der Waals surface area (Å²) in [6.45, 7) is 3.84. The van der Waals surface area contributed by atoms with Crippen LogP contribution in [0.3, 0.4) is 0 Å². The van der Waals surface area contributed by atoms with Gasteiger partial charge in [0.2, 0.25) is 0 Å². The Bertz CT molecular complexity index is 894. The van der Waals surface area contributed by atoms with E-state index in [-0.39, 0.29) is 11.5 Å². The number of ketones is 1. The maximum atomic E-state index is 12.4. The highest BCUT2D eigenvalue weighted by atomic mass is 16.3. The smallest absolute Gasteiger partial charge is 0.163 e. The Hall–Kier alpha value is -2.62. The van der Waals surface area contributed by atoms with E-state index in [9.17, 15) is 9.90 Å². The standard InChI is InChI=1S/C19H20N2O2/c1-12-6-4-5-7-15(12)17(22)11-9-14-8-10-16-18(19(14)23)20-13(2)21(16)3/h4-8,10,23H,9,11H2,1-3H3. The third-order valence-corrected chi connectivity index (χ3v) is 4.40. The van der Waals surface area contributed by atoms with Crippen LogP contribution in [0.15, 0.2) is 36.4 Å². The molecule has 0 aliphatic carbocycles. The Morgan fingerprint density at radius 2 is 1.91 bits per heavy atom. The second-order valence-electron chi connectivity index (χ2n) is 5.90. The first kappa shape index (κ1) is 15.3. The molecule has 0 radical (unpaired) electrons. The van der Waals surface area contributed by atoms with E-state index in [1.807, 2.05) is 61.9 Å². The Morgan fingerprint density at radius 3 is 2.65 bits per heavy atom. The average molecular weight is 308 g/mol. The third-order valence-electron chi connectivity index (χ3n) is 4.40. The number of nitrogens with zero attached hydrogens (tertiary/aromatic N) is 2. The van der Waals surface area contributed by atoms with Crippen molar-refractivity contribution in [1.82, 2.24) is 9.55 Å². The van der Waals surface area contributed by atoms with Crippen LogP contribution in [0.25, 0.3) is 11.0 Å². The molecule has 0 spiro atoms. The number of benzene rings is 2. The van der Waals surface area contributed by atoms with Crippen molar-refractivity contribution in [3.63, 3.8) is 0 Å². The van der Waals surface area contributed by atoms with E-state index in [0.717, 1.165) is 28.0 Å². The molecular formula is C19H20N2O2. The molecule has 0 aliphatic rings. The van der Waals surface area contributed by atoms with Crippen molar-refractivity contribution in [2.24, 2.45) is 7.05 Å².